The second-order valence-electron chi connectivity index (χ2n) is 13.0. The Balaban J connectivity index is 1.42. The highest BCUT2D eigenvalue weighted by atomic mass is 16.5. The minimum atomic E-state index is -0.0474. The predicted molar refractivity (Wildman–Crippen MR) is 177 cm³/mol. The first-order valence-electron chi connectivity index (χ1n) is 16.4. The molecule has 1 heterocycles. The number of benzene rings is 3. The Morgan fingerprint density at radius 3 is 2.51 bits per heavy atom. The van der Waals surface area contributed by atoms with Crippen molar-refractivity contribution in [2.24, 2.45) is 11.7 Å². The lowest BCUT2D eigenvalue weighted by molar-refractivity contribution is -0.122. The first kappa shape index (κ1) is 29.5. The van der Waals surface area contributed by atoms with Crippen molar-refractivity contribution in [2.45, 2.75) is 95.7 Å². The van der Waals surface area contributed by atoms with E-state index < -0.39 is 0 Å². The number of hydrogen-bond acceptors (Lipinski definition) is 3. The molecule has 2 fully saturated rings. The molecule has 5 nitrogen and oxygen atoms in total. The average Bonchev–Trinajstić information content (AvgIpc) is 3.38. The van der Waals surface area contributed by atoms with Crippen LogP contribution in [0.1, 0.15) is 86.8 Å². The predicted octanol–water partition coefficient (Wildman–Crippen LogP) is 8.11. The fourth-order valence-electron chi connectivity index (χ4n) is 7.48. The van der Waals surface area contributed by atoms with Crippen LogP contribution in [-0.4, -0.2) is 29.7 Å². The molecule has 1 unspecified atom stereocenters. The topological polar surface area (TPSA) is 69.3 Å². The highest BCUT2D eigenvalue weighted by Gasteiger charge is 2.27. The van der Waals surface area contributed by atoms with E-state index in [2.05, 4.69) is 77.6 Å². The Labute approximate surface area is 256 Å². The summed E-state index contributed by atoms with van der Waals surface area (Å²) in [5.41, 5.74) is 13.2. The summed E-state index contributed by atoms with van der Waals surface area (Å²) in [6.45, 7) is 3.16. The van der Waals surface area contributed by atoms with Crippen LogP contribution in [0.15, 0.2) is 72.9 Å². The molecule has 0 spiro atoms. The zero-order valence-corrected chi connectivity index (χ0v) is 25.9. The zero-order valence-electron chi connectivity index (χ0n) is 25.9. The number of nitrogens with two attached hydrogens (primary N) is 1. The first-order valence-corrected chi connectivity index (χ1v) is 16.4. The standard InChI is InChI=1S/C38H47N3O2/c1-26-9-8-12-28(21-26)33(23-38(42)40-31-18-16-30(39)17-19-31)35-25-41(24-27-10-4-3-5-11-27)36-20-15-29(22-34(35)36)32-13-6-7-14-37(32)43-2/h6-9,12-15,20-22,25,27,30-31,33H,3-5,10-11,16-19,23-24,39H2,1-2H3,(H,40,42). The van der Waals surface area contributed by atoms with Gasteiger partial charge in [-0.05, 0) is 86.3 Å². The van der Waals surface area contributed by atoms with E-state index in [0.717, 1.165) is 49.1 Å². The number of rotatable bonds is 9. The number of hydrogen-bond donors (Lipinski definition) is 2. The average molecular weight is 578 g/mol. The molecule has 2 saturated carbocycles. The van der Waals surface area contributed by atoms with Gasteiger partial charge in [-0.2, -0.15) is 0 Å². The Morgan fingerprint density at radius 1 is 0.953 bits per heavy atom. The fraction of sp³-hybridized carbons (Fsp3) is 0.447. The molecule has 3 aromatic carbocycles. The number of amides is 1. The van der Waals surface area contributed by atoms with Crippen molar-refractivity contribution in [1.29, 1.82) is 0 Å². The molecule has 226 valence electrons. The third-order valence-electron chi connectivity index (χ3n) is 9.86. The van der Waals surface area contributed by atoms with Crippen molar-refractivity contribution in [3.63, 3.8) is 0 Å². The van der Waals surface area contributed by atoms with Crippen molar-refractivity contribution in [2.75, 3.05) is 7.11 Å². The van der Waals surface area contributed by atoms with E-state index in [-0.39, 0.29) is 23.9 Å². The minimum absolute atomic E-state index is 0.0474. The van der Waals surface area contributed by atoms with E-state index in [0.29, 0.717) is 12.3 Å². The number of methoxy groups -OCH3 is 1. The van der Waals surface area contributed by atoms with Gasteiger partial charge in [0.2, 0.25) is 5.91 Å². The largest absolute Gasteiger partial charge is 0.496 e. The number of nitrogens with one attached hydrogen (secondary N) is 1. The van der Waals surface area contributed by atoms with Crippen LogP contribution in [0.4, 0.5) is 0 Å². The van der Waals surface area contributed by atoms with Gasteiger partial charge in [-0.25, -0.2) is 0 Å². The molecule has 5 heteroatoms. The molecule has 43 heavy (non-hydrogen) atoms. The van der Waals surface area contributed by atoms with Crippen LogP contribution >= 0.6 is 0 Å². The van der Waals surface area contributed by atoms with Crippen molar-refractivity contribution >= 4 is 16.8 Å². The maximum atomic E-state index is 13.7. The van der Waals surface area contributed by atoms with Crippen LogP contribution in [0.3, 0.4) is 0 Å². The molecular weight excluding hydrogens is 530 g/mol. The monoisotopic (exact) mass is 577 g/mol. The van der Waals surface area contributed by atoms with Gasteiger partial charge < -0.3 is 20.4 Å². The van der Waals surface area contributed by atoms with E-state index in [1.54, 1.807) is 7.11 Å². The van der Waals surface area contributed by atoms with Crippen LogP contribution in [-0.2, 0) is 11.3 Å². The number of aryl methyl sites for hydroxylation is 1. The summed E-state index contributed by atoms with van der Waals surface area (Å²) in [5.74, 6) is 1.64. The van der Waals surface area contributed by atoms with Crippen molar-refractivity contribution in [3.05, 3.63) is 89.6 Å². The minimum Gasteiger partial charge on any atom is -0.496 e. The van der Waals surface area contributed by atoms with Gasteiger partial charge in [0.25, 0.3) is 0 Å². The van der Waals surface area contributed by atoms with Gasteiger partial charge in [0.1, 0.15) is 5.75 Å². The fourth-order valence-corrected chi connectivity index (χ4v) is 7.48. The number of fused-ring (bicyclic) bond motifs is 1. The molecule has 0 saturated heterocycles. The van der Waals surface area contributed by atoms with Gasteiger partial charge in [0, 0.05) is 53.6 Å². The second-order valence-corrected chi connectivity index (χ2v) is 13.0. The van der Waals surface area contributed by atoms with Gasteiger partial charge in [-0.15, -0.1) is 0 Å². The summed E-state index contributed by atoms with van der Waals surface area (Å²) < 4.78 is 8.23. The zero-order chi connectivity index (χ0) is 29.8. The number of carbonyl (C=O) groups is 1. The van der Waals surface area contributed by atoms with Crippen molar-refractivity contribution in [3.8, 4) is 16.9 Å². The summed E-state index contributed by atoms with van der Waals surface area (Å²) in [6, 6.07) is 24.2. The van der Waals surface area contributed by atoms with Crippen molar-refractivity contribution in [1.82, 2.24) is 9.88 Å². The lowest BCUT2D eigenvalue weighted by Crippen LogP contribution is -2.40. The van der Waals surface area contributed by atoms with Crippen LogP contribution in [0.5, 0.6) is 5.75 Å². The van der Waals surface area contributed by atoms with E-state index in [4.69, 9.17) is 10.5 Å². The number of para-hydroxylation sites is 1. The normalized spacial score (nSPS) is 20.2. The quantitative estimate of drug-likeness (QED) is 0.211. The summed E-state index contributed by atoms with van der Waals surface area (Å²) in [4.78, 5) is 13.7. The lowest BCUT2D eigenvalue weighted by Gasteiger charge is -2.27. The molecule has 6 rings (SSSR count). The van der Waals surface area contributed by atoms with E-state index in [1.165, 1.54) is 59.7 Å². The molecule has 0 aliphatic heterocycles. The molecule has 2 aliphatic carbocycles. The third-order valence-corrected chi connectivity index (χ3v) is 9.86. The summed E-state index contributed by atoms with van der Waals surface area (Å²) in [5, 5.41) is 4.60. The molecule has 2 aliphatic rings. The Bertz CT molecular complexity index is 1540. The Hall–Kier alpha value is -3.57. The number of nitrogens with zero attached hydrogens (tertiary/aromatic N) is 1. The highest BCUT2D eigenvalue weighted by Crippen LogP contribution is 2.39. The summed E-state index contributed by atoms with van der Waals surface area (Å²) >= 11 is 0. The first-order chi connectivity index (χ1) is 21.0. The van der Waals surface area contributed by atoms with Crippen molar-refractivity contribution < 1.29 is 9.53 Å². The molecule has 4 aromatic rings. The van der Waals surface area contributed by atoms with Crippen LogP contribution in [0, 0.1) is 12.8 Å². The van der Waals surface area contributed by atoms with Gasteiger partial charge in [0.05, 0.1) is 7.11 Å². The lowest BCUT2D eigenvalue weighted by atomic mass is 9.86. The molecule has 0 bridgehead atoms. The summed E-state index contributed by atoms with van der Waals surface area (Å²) in [7, 11) is 1.73. The molecule has 3 N–H and O–H groups in total. The van der Waals surface area contributed by atoms with Crippen LogP contribution < -0.4 is 15.8 Å². The Morgan fingerprint density at radius 2 is 1.74 bits per heavy atom. The van der Waals surface area contributed by atoms with Gasteiger partial charge in [-0.1, -0.05) is 73.4 Å². The van der Waals surface area contributed by atoms with E-state index in [9.17, 15) is 4.79 Å². The van der Waals surface area contributed by atoms with Gasteiger partial charge in [-0.3, -0.25) is 4.79 Å². The molecule has 1 amide bonds. The summed E-state index contributed by atoms with van der Waals surface area (Å²) in [6.07, 6.45) is 13.3. The molecular formula is C38H47N3O2. The van der Waals surface area contributed by atoms with E-state index >= 15 is 0 Å². The number of carbonyl (C=O) groups excluding carboxylic acids is 1. The molecule has 1 aromatic heterocycles. The molecule has 0 radical (unpaired) electrons. The smallest absolute Gasteiger partial charge is 0.221 e. The van der Waals surface area contributed by atoms with Crippen LogP contribution in [0.25, 0.3) is 22.0 Å². The van der Waals surface area contributed by atoms with Gasteiger partial charge in [0.15, 0.2) is 0 Å². The Kier molecular flexibility index (Phi) is 9.18. The maximum absolute atomic E-state index is 13.7. The highest BCUT2D eigenvalue weighted by molar-refractivity contribution is 5.91. The van der Waals surface area contributed by atoms with E-state index in [1.807, 2.05) is 12.1 Å². The number of ether oxygens (including phenoxy) is 1. The third kappa shape index (κ3) is 6.83. The number of aromatic nitrogens is 1. The second kappa shape index (κ2) is 13.4. The van der Waals surface area contributed by atoms with Gasteiger partial charge >= 0.3 is 0 Å². The molecule has 1 atom stereocenters. The van der Waals surface area contributed by atoms with Crippen LogP contribution in [0.2, 0.25) is 0 Å². The SMILES string of the molecule is COc1ccccc1-c1ccc2c(c1)c(C(CC(=O)NC1CCC(N)CC1)c1cccc(C)c1)cn2CC1CCCCC1. The maximum Gasteiger partial charge on any atom is 0.221 e.